The van der Waals surface area contributed by atoms with E-state index in [1.807, 2.05) is 6.07 Å². The Hall–Kier alpha value is -1.46. The van der Waals surface area contributed by atoms with Gasteiger partial charge in [-0.25, -0.2) is 0 Å². The molecule has 0 bridgehead atoms. The van der Waals surface area contributed by atoms with Gasteiger partial charge in [0.2, 0.25) is 0 Å². The summed E-state index contributed by atoms with van der Waals surface area (Å²) in [5.41, 5.74) is 1.12. The van der Waals surface area contributed by atoms with E-state index in [1.165, 1.54) is 6.07 Å². The van der Waals surface area contributed by atoms with Crippen LogP contribution in [0.3, 0.4) is 0 Å². The fraction of sp³-hybridized carbons (Fsp3) is 0.400. The van der Waals surface area contributed by atoms with Crippen LogP contribution in [0.1, 0.15) is 11.6 Å². The van der Waals surface area contributed by atoms with Crippen molar-refractivity contribution < 1.29 is 4.92 Å². The Balaban J connectivity index is 2.19. The van der Waals surface area contributed by atoms with Gasteiger partial charge in [0.25, 0.3) is 5.69 Å². The molecule has 1 fully saturated rings. The molecule has 1 aliphatic rings. The van der Waals surface area contributed by atoms with Gasteiger partial charge in [-0.1, -0.05) is 12.1 Å². The quantitative estimate of drug-likeness (QED) is 0.556. The zero-order valence-electron chi connectivity index (χ0n) is 8.27. The van der Waals surface area contributed by atoms with Crippen LogP contribution in [0.25, 0.3) is 0 Å². The monoisotopic (exact) mass is 207 g/mol. The van der Waals surface area contributed by atoms with E-state index in [4.69, 9.17) is 0 Å². The largest absolute Gasteiger partial charge is 0.314 e. The highest BCUT2D eigenvalue weighted by atomic mass is 16.6. The molecule has 1 heterocycles. The fourth-order valence-corrected chi connectivity index (χ4v) is 1.74. The minimum Gasteiger partial charge on any atom is -0.314 e. The van der Waals surface area contributed by atoms with Crippen LogP contribution in [0.5, 0.6) is 0 Å². The molecule has 0 radical (unpaired) electrons. The number of nitro groups is 1. The molecule has 2 N–H and O–H groups in total. The Morgan fingerprint density at radius 3 is 2.93 bits per heavy atom. The molecule has 80 valence electrons. The minimum absolute atomic E-state index is 0.153. The van der Waals surface area contributed by atoms with Gasteiger partial charge < -0.3 is 10.6 Å². The lowest BCUT2D eigenvalue weighted by atomic mass is 10.0. The number of hydrogen-bond acceptors (Lipinski definition) is 4. The van der Waals surface area contributed by atoms with Gasteiger partial charge in [-0.15, -0.1) is 0 Å². The van der Waals surface area contributed by atoms with Crippen LogP contribution in [0.2, 0.25) is 0 Å². The van der Waals surface area contributed by atoms with E-state index >= 15 is 0 Å². The first-order valence-electron chi connectivity index (χ1n) is 4.96. The molecular weight excluding hydrogens is 194 g/mol. The number of nitrogens with one attached hydrogen (secondary N) is 2. The van der Waals surface area contributed by atoms with Crippen molar-refractivity contribution in [1.29, 1.82) is 0 Å². The van der Waals surface area contributed by atoms with Gasteiger partial charge in [0, 0.05) is 37.8 Å². The van der Waals surface area contributed by atoms with Crippen molar-refractivity contribution in [2.24, 2.45) is 0 Å². The number of non-ortho nitro benzene ring substituents is 1. The second kappa shape index (κ2) is 4.37. The topological polar surface area (TPSA) is 67.2 Å². The average Bonchev–Trinajstić information content (AvgIpc) is 2.30. The molecular formula is C10H13N3O2. The second-order valence-corrected chi connectivity index (χ2v) is 3.56. The van der Waals surface area contributed by atoms with Crippen LogP contribution in [0.4, 0.5) is 5.69 Å². The fourth-order valence-electron chi connectivity index (χ4n) is 1.74. The van der Waals surface area contributed by atoms with Crippen LogP contribution in [0.15, 0.2) is 24.3 Å². The highest BCUT2D eigenvalue weighted by molar-refractivity contribution is 5.36. The van der Waals surface area contributed by atoms with Gasteiger partial charge in [0.1, 0.15) is 0 Å². The third-order valence-corrected chi connectivity index (χ3v) is 2.52. The zero-order chi connectivity index (χ0) is 10.7. The molecule has 0 aromatic heterocycles. The van der Waals surface area contributed by atoms with E-state index in [1.54, 1.807) is 12.1 Å². The Morgan fingerprint density at radius 1 is 1.40 bits per heavy atom. The molecule has 0 saturated carbocycles. The van der Waals surface area contributed by atoms with Crippen LogP contribution in [-0.4, -0.2) is 24.6 Å². The Bertz CT molecular complexity index is 361. The van der Waals surface area contributed by atoms with Crippen molar-refractivity contribution >= 4 is 5.69 Å². The third-order valence-electron chi connectivity index (χ3n) is 2.52. The van der Waals surface area contributed by atoms with Gasteiger partial charge >= 0.3 is 0 Å². The van der Waals surface area contributed by atoms with E-state index in [2.05, 4.69) is 10.6 Å². The SMILES string of the molecule is O=[N+]([O-])c1cccc([C@@H]2CNCCN2)c1. The Morgan fingerprint density at radius 2 is 2.27 bits per heavy atom. The van der Waals surface area contributed by atoms with Crippen LogP contribution >= 0.6 is 0 Å². The maximum Gasteiger partial charge on any atom is 0.269 e. The molecule has 0 amide bonds. The molecule has 5 heteroatoms. The summed E-state index contributed by atoms with van der Waals surface area (Å²) in [6.07, 6.45) is 0. The van der Waals surface area contributed by atoms with Crippen molar-refractivity contribution in [3.05, 3.63) is 39.9 Å². The number of hydrogen-bond donors (Lipinski definition) is 2. The van der Waals surface area contributed by atoms with Crippen LogP contribution in [-0.2, 0) is 0 Å². The predicted octanol–water partition coefficient (Wildman–Crippen LogP) is 0.829. The molecule has 15 heavy (non-hydrogen) atoms. The molecule has 1 aliphatic heterocycles. The number of nitrogens with zero attached hydrogens (tertiary/aromatic N) is 1. The van der Waals surface area contributed by atoms with E-state index in [0.717, 1.165) is 25.2 Å². The maximum atomic E-state index is 10.6. The summed E-state index contributed by atoms with van der Waals surface area (Å²) in [6, 6.07) is 6.96. The molecule has 5 nitrogen and oxygen atoms in total. The number of nitro benzene ring substituents is 1. The number of piperazine rings is 1. The van der Waals surface area contributed by atoms with Crippen molar-refractivity contribution in [2.45, 2.75) is 6.04 Å². The Labute approximate surface area is 87.6 Å². The van der Waals surface area contributed by atoms with Crippen molar-refractivity contribution in [2.75, 3.05) is 19.6 Å². The summed E-state index contributed by atoms with van der Waals surface area (Å²) in [4.78, 5) is 10.2. The van der Waals surface area contributed by atoms with Gasteiger partial charge in [-0.3, -0.25) is 10.1 Å². The predicted molar refractivity (Wildman–Crippen MR) is 56.7 cm³/mol. The highest BCUT2D eigenvalue weighted by Gasteiger charge is 2.16. The highest BCUT2D eigenvalue weighted by Crippen LogP contribution is 2.19. The summed E-state index contributed by atoms with van der Waals surface area (Å²) < 4.78 is 0. The second-order valence-electron chi connectivity index (χ2n) is 3.56. The van der Waals surface area contributed by atoms with Crippen molar-refractivity contribution in [3.8, 4) is 0 Å². The lowest BCUT2D eigenvalue weighted by Crippen LogP contribution is -2.42. The smallest absolute Gasteiger partial charge is 0.269 e. The summed E-state index contributed by atoms with van der Waals surface area (Å²) in [6.45, 7) is 2.67. The standard InChI is InChI=1S/C10H13N3O2/c14-13(15)9-3-1-2-8(6-9)10-7-11-4-5-12-10/h1-3,6,10-12H,4-5,7H2/t10-/m0/s1. The van der Waals surface area contributed by atoms with Crippen molar-refractivity contribution in [3.63, 3.8) is 0 Å². The maximum absolute atomic E-state index is 10.6. The lowest BCUT2D eigenvalue weighted by Gasteiger charge is -2.24. The molecule has 2 rings (SSSR count). The van der Waals surface area contributed by atoms with Gasteiger partial charge in [0.15, 0.2) is 0 Å². The van der Waals surface area contributed by atoms with Crippen LogP contribution < -0.4 is 10.6 Å². The van der Waals surface area contributed by atoms with E-state index in [9.17, 15) is 10.1 Å². The van der Waals surface area contributed by atoms with Gasteiger partial charge in [-0.2, -0.15) is 0 Å². The summed E-state index contributed by atoms with van der Waals surface area (Å²) in [5, 5.41) is 17.2. The molecule has 1 aromatic rings. The molecule has 1 aromatic carbocycles. The first kappa shape index (κ1) is 10.1. The molecule has 0 spiro atoms. The first-order valence-corrected chi connectivity index (χ1v) is 4.96. The summed E-state index contributed by atoms with van der Waals surface area (Å²) in [5.74, 6) is 0. The van der Waals surface area contributed by atoms with E-state index in [0.29, 0.717) is 0 Å². The normalized spacial score (nSPS) is 21.2. The average molecular weight is 207 g/mol. The molecule has 1 atom stereocenters. The lowest BCUT2D eigenvalue weighted by molar-refractivity contribution is -0.384. The molecule has 0 unspecified atom stereocenters. The minimum atomic E-state index is -0.361. The molecule has 1 saturated heterocycles. The van der Waals surface area contributed by atoms with Crippen molar-refractivity contribution in [1.82, 2.24) is 10.6 Å². The first-order chi connectivity index (χ1) is 7.27. The van der Waals surface area contributed by atoms with Crippen LogP contribution in [0, 0.1) is 10.1 Å². The third kappa shape index (κ3) is 2.31. The number of benzene rings is 1. The van der Waals surface area contributed by atoms with Gasteiger partial charge in [0.05, 0.1) is 4.92 Å². The summed E-state index contributed by atoms with van der Waals surface area (Å²) >= 11 is 0. The Kier molecular flexibility index (Phi) is 2.94. The number of rotatable bonds is 2. The molecule has 0 aliphatic carbocycles. The van der Waals surface area contributed by atoms with E-state index in [-0.39, 0.29) is 16.7 Å². The zero-order valence-corrected chi connectivity index (χ0v) is 8.27. The van der Waals surface area contributed by atoms with E-state index < -0.39 is 0 Å². The van der Waals surface area contributed by atoms with Gasteiger partial charge in [-0.05, 0) is 5.56 Å². The summed E-state index contributed by atoms with van der Waals surface area (Å²) in [7, 11) is 0.